The van der Waals surface area contributed by atoms with Crippen LogP contribution in [0.2, 0.25) is 0 Å². The third-order valence-corrected chi connectivity index (χ3v) is 3.50. The molecule has 0 amide bonds. The van der Waals surface area contributed by atoms with Crippen LogP contribution >= 0.6 is 0 Å². The molecule has 3 nitrogen and oxygen atoms in total. The fourth-order valence-electron chi connectivity index (χ4n) is 2.58. The molecule has 1 aromatic rings. The van der Waals surface area contributed by atoms with E-state index in [0.717, 1.165) is 36.3 Å². The average molecular weight is 259 g/mol. The zero-order chi connectivity index (χ0) is 13.8. The van der Waals surface area contributed by atoms with E-state index in [1.165, 1.54) is 0 Å². The van der Waals surface area contributed by atoms with Crippen molar-refractivity contribution in [1.82, 2.24) is 4.90 Å². The smallest absolute Gasteiger partial charge is 0.163 e. The molecule has 1 aliphatic carbocycles. The quantitative estimate of drug-likeness (QED) is 0.778. The fourth-order valence-corrected chi connectivity index (χ4v) is 2.58. The summed E-state index contributed by atoms with van der Waals surface area (Å²) >= 11 is 0. The predicted octanol–water partition coefficient (Wildman–Crippen LogP) is 2.62. The molecule has 102 valence electrons. The van der Waals surface area contributed by atoms with Crippen molar-refractivity contribution in [2.45, 2.75) is 12.8 Å². The molecule has 0 bridgehead atoms. The number of allylic oxidation sites excluding steroid dienone is 1. The monoisotopic (exact) mass is 259 g/mol. The van der Waals surface area contributed by atoms with Gasteiger partial charge in [0, 0.05) is 18.0 Å². The Hall–Kier alpha value is -1.61. The second kappa shape index (κ2) is 6.02. The number of carbonyl (C=O) groups excluding carboxylic acids is 1. The fraction of sp³-hybridized carbons (Fsp3) is 0.438. The van der Waals surface area contributed by atoms with Crippen molar-refractivity contribution >= 4 is 11.9 Å². The number of rotatable bonds is 4. The summed E-state index contributed by atoms with van der Waals surface area (Å²) in [5.41, 5.74) is 1.91. The summed E-state index contributed by atoms with van der Waals surface area (Å²) in [5, 5.41) is 0. The first-order chi connectivity index (χ1) is 9.11. The Bertz CT molecular complexity index is 491. The van der Waals surface area contributed by atoms with Crippen molar-refractivity contribution in [3.05, 3.63) is 35.4 Å². The van der Waals surface area contributed by atoms with E-state index in [0.29, 0.717) is 5.78 Å². The van der Waals surface area contributed by atoms with Crippen molar-refractivity contribution in [3.63, 3.8) is 0 Å². The minimum Gasteiger partial charge on any atom is -0.496 e. The van der Waals surface area contributed by atoms with Crippen LogP contribution in [0.15, 0.2) is 29.8 Å². The summed E-state index contributed by atoms with van der Waals surface area (Å²) in [6.07, 6.45) is 3.81. The lowest BCUT2D eigenvalue weighted by molar-refractivity contribution is -0.118. The Morgan fingerprint density at radius 3 is 2.79 bits per heavy atom. The average Bonchev–Trinajstić information content (AvgIpc) is 2.72. The maximum absolute atomic E-state index is 12.3. The molecule has 0 heterocycles. The van der Waals surface area contributed by atoms with E-state index in [2.05, 4.69) is 4.90 Å². The lowest BCUT2D eigenvalue weighted by atomic mass is 10.0. The van der Waals surface area contributed by atoms with Gasteiger partial charge < -0.3 is 9.64 Å². The van der Waals surface area contributed by atoms with Crippen molar-refractivity contribution in [3.8, 4) is 5.75 Å². The number of nitrogens with zero attached hydrogens (tertiary/aromatic N) is 1. The molecule has 1 fully saturated rings. The number of ether oxygens (including phenoxy) is 1. The van der Waals surface area contributed by atoms with E-state index >= 15 is 0 Å². The molecule has 0 radical (unpaired) electrons. The highest BCUT2D eigenvalue weighted by atomic mass is 16.5. The number of Topliss-reactive ketones (excluding diaryl/α,β-unsaturated/α-hetero) is 1. The van der Waals surface area contributed by atoms with Crippen LogP contribution in [0.25, 0.3) is 6.08 Å². The SMILES string of the molecule is COc1ccccc1/C=C1\CCC(CN(C)C)C1=O. The van der Waals surface area contributed by atoms with Crippen LogP contribution in [0, 0.1) is 5.92 Å². The van der Waals surface area contributed by atoms with Gasteiger partial charge in [-0.15, -0.1) is 0 Å². The molecule has 2 rings (SSSR count). The summed E-state index contributed by atoms with van der Waals surface area (Å²) in [5.74, 6) is 1.26. The molecule has 1 aromatic carbocycles. The molecule has 0 aromatic heterocycles. The van der Waals surface area contributed by atoms with Gasteiger partial charge in [-0.3, -0.25) is 4.79 Å². The maximum atomic E-state index is 12.3. The van der Waals surface area contributed by atoms with E-state index in [9.17, 15) is 4.79 Å². The van der Waals surface area contributed by atoms with Gasteiger partial charge in [0.2, 0.25) is 0 Å². The van der Waals surface area contributed by atoms with Gasteiger partial charge in [-0.1, -0.05) is 18.2 Å². The first kappa shape index (κ1) is 13.8. The van der Waals surface area contributed by atoms with Crippen LogP contribution in [-0.4, -0.2) is 38.4 Å². The minimum atomic E-state index is 0.149. The Kier molecular flexibility index (Phi) is 4.38. The van der Waals surface area contributed by atoms with Crippen LogP contribution in [0.3, 0.4) is 0 Å². The van der Waals surface area contributed by atoms with Gasteiger partial charge in [-0.05, 0) is 44.7 Å². The Morgan fingerprint density at radius 2 is 2.11 bits per heavy atom. The topological polar surface area (TPSA) is 29.5 Å². The molecule has 0 aliphatic heterocycles. The third-order valence-electron chi connectivity index (χ3n) is 3.50. The molecule has 1 saturated carbocycles. The second-order valence-corrected chi connectivity index (χ2v) is 5.27. The van der Waals surface area contributed by atoms with Crippen molar-refractivity contribution in [2.24, 2.45) is 5.92 Å². The number of hydrogen-bond donors (Lipinski definition) is 0. The Morgan fingerprint density at radius 1 is 1.37 bits per heavy atom. The summed E-state index contributed by atoms with van der Waals surface area (Å²) in [7, 11) is 5.67. The number of para-hydroxylation sites is 1. The van der Waals surface area contributed by atoms with E-state index in [4.69, 9.17) is 4.74 Å². The molecule has 3 heteroatoms. The van der Waals surface area contributed by atoms with Crippen molar-refractivity contribution in [2.75, 3.05) is 27.7 Å². The highest BCUT2D eigenvalue weighted by Gasteiger charge is 2.29. The van der Waals surface area contributed by atoms with E-state index in [1.54, 1.807) is 7.11 Å². The lowest BCUT2D eigenvalue weighted by Crippen LogP contribution is -2.24. The number of ketones is 1. The standard InChI is InChI=1S/C16H21NO2/c1-17(2)11-14-9-8-13(16(14)18)10-12-6-4-5-7-15(12)19-3/h4-7,10,14H,8-9,11H2,1-3H3/b13-10+. The third kappa shape index (κ3) is 3.24. The van der Waals surface area contributed by atoms with Gasteiger partial charge >= 0.3 is 0 Å². The second-order valence-electron chi connectivity index (χ2n) is 5.27. The zero-order valence-electron chi connectivity index (χ0n) is 11.8. The largest absolute Gasteiger partial charge is 0.496 e. The molecule has 1 unspecified atom stereocenters. The molecule has 1 atom stereocenters. The van der Waals surface area contributed by atoms with E-state index < -0.39 is 0 Å². The zero-order valence-corrected chi connectivity index (χ0v) is 11.8. The summed E-state index contributed by atoms with van der Waals surface area (Å²) in [6.45, 7) is 0.835. The Labute approximate surface area is 114 Å². The van der Waals surface area contributed by atoms with E-state index in [1.807, 2.05) is 44.4 Å². The first-order valence-electron chi connectivity index (χ1n) is 6.64. The van der Waals surface area contributed by atoms with Crippen molar-refractivity contribution < 1.29 is 9.53 Å². The van der Waals surface area contributed by atoms with Gasteiger partial charge in [0.25, 0.3) is 0 Å². The normalized spacial score (nSPS) is 21.4. The highest BCUT2D eigenvalue weighted by molar-refractivity contribution is 6.03. The number of methoxy groups -OCH3 is 1. The number of benzene rings is 1. The summed E-state index contributed by atoms with van der Waals surface area (Å²) in [6, 6.07) is 7.80. The van der Waals surface area contributed by atoms with Crippen LogP contribution in [0.4, 0.5) is 0 Å². The van der Waals surface area contributed by atoms with Crippen LogP contribution in [0.5, 0.6) is 5.75 Å². The molecule has 1 aliphatic rings. The van der Waals surface area contributed by atoms with Crippen molar-refractivity contribution in [1.29, 1.82) is 0 Å². The predicted molar refractivity (Wildman–Crippen MR) is 77.3 cm³/mol. The van der Waals surface area contributed by atoms with Crippen LogP contribution in [-0.2, 0) is 4.79 Å². The van der Waals surface area contributed by atoms with Crippen LogP contribution in [0.1, 0.15) is 18.4 Å². The van der Waals surface area contributed by atoms with Gasteiger partial charge in [0.1, 0.15) is 5.75 Å². The molecular weight excluding hydrogens is 238 g/mol. The highest BCUT2D eigenvalue weighted by Crippen LogP contribution is 2.30. The summed E-state index contributed by atoms with van der Waals surface area (Å²) < 4.78 is 5.32. The number of carbonyl (C=O) groups is 1. The molecule has 0 N–H and O–H groups in total. The molecule has 19 heavy (non-hydrogen) atoms. The van der Waals surface area contributed by atoms with Gasteiger partial charge in [-0.2, -0.15) is 0 Å². The van der Waals surface area contributed by atoms with Gasteiger partial charge in [0.05, 0.1) is 7.11 Å². The van der Waals surface area contributed by atoms with Gasteiger partial charge in [-0.25, -0.2) is 0 Å². The molecular formula is C16H21NO2. The van der Waals surface area contributed by atoms with Gasteiger partial charge in [0.15, 0.2) is 5.78 Å². The molecule has 0 spiro atoms. The minimum absolute atomic E-state index is 0.149. The Balaban J connectivity index is 2.19. The number of hydrogen-bond acceptors (Lipinski definition) is 3. The summed E-state index contributed by atoms with van der Waals surface area (Å²) in [4.78, 5) is 14.4. The first-order valence-corrected chi connectivity index (χ1v) is 6.64. The maximum Gasteiger partial charge on any atom is 0.163 e. The van der Waals surface area contributed by atoms with E-state index in [-0.39, 0.29) is 5.92 Å². The van der Waals surface area contributed by atoms with Crippen LogP contribution < -0.4 is 4.74 Å². The molecule has 0 saturated heterocycles. The lowest BCUT2D eigenvalue weighted by Gasteiger charge is -2.13.